The zero-order valence-corrected chi connectivity index (χ0v) is 9.96. The summed E-state index contributed by atoms with van der Waals surface area (Å²) in [6.07, 6.45) is 1.81. The van der Waals surface area contributed by atoms with Crippen LogP contribution < -0.4 is 0 Å². The van der Waals surface area contributed by atoms with E-state index in [1.54, 1.807) is 22.7 Å². The van der Waals surface area contributed by atoms with Crippen molar-refractivity contribution in [2.45, 2.75) is 0 Å². The Morgan fingerprint density at radius 2 is 1.81 bits per heavy atom. The molecular weight excluding hydrogens is 236 g/mol. The first kappa shape index (κ1) is 9.69. The minimum Gasteiger partial charge on any atom is -0.242 e. The molecule has 0 atom stereocenters. The maximum atomic E-state index is 4.59. The molecular formula is C12H8N2S2. The van der Waals surface area contributed by atoms with E-state index in [-0.39, 0.29) is 0 Å². The Kier molecular flexibility index (Phi) is 2.52. The van der Waals surface area contributed by atoms with E-state index in [1.807, 2.05) is 29.8 Å². The molecule has 78 valence electrons. The molecule has 16 heavy (non-hydrogen) atoms. The van der Waals surface area contributed by atoms with Gasteiger partial charge in [-0.1, -0.05) is 30.3 Å². The molecule has 0 fully saturated rings. The summed E-state index contributed by atoms with van der Waals surface area (Å²) < 4.78 is 0. The Morgan fingerprint density at radius 1 is 0.938 bits per heavy atom. The number of rotatable bonds is 2. The predicted molar refractivity (Wildman–Crippen MR) is 68.7 cm³/mol. The van der Waals surface area contributed by atoms with E-state index in [0.29, 0.717) is 0 Å². The second-order valence-corrected chi connectivity index (χ2v) is 4.99. The molecule has 0 N–H and O–H groups in total. The normalized spacial score (nSPS) is 10.5. The minimum atomic E-state index is 0.993. The van der Waals surface area contributed by atoms with Gasteiger partial charge in [-0.3, -0.25) is 0 Å². The molecule has 0 spiro atoms. The fourth-order valence-electron chi connectivity index (χ4n) is 1.44. The van der Waals surface area contributed by atoms with Gasteiger partial charge in [0.2, 0.25) is 0 Å². The first-order chi connectivity index (χ1) is 7.93. The van der Waals surface area contributed by atoms with Crippen LogP contribution >= 0.6 is 22.7 Å². The summed E-state index contributed by atoms with van der Waals surface area (Å²) in [6, 6.07) is 10.2. The van der Waals surface area contributed by atoms with E-state index < -0.39 is 0 Å². The third-order valence-electron chi connectivity index (χ3n) is 2.19. The van der Waals surface area contributed by atoms with Gasteiger partial charge in [-0.15, -0.1) is 22.7 Å². The van der Waals surface area contributed by atoms with Gasteiger partial charge in [0.1, 0.15) is 0 Å². The van der Waals surface area contributed by atoms with Crippen molar-refractivity contribution in [3.8, 4) is 21.3 Å². The SMILES string of the molecule is c1ccc(-c2csc(-c3nccs3)n2)cc1. The Bertz CT molecular complexity index is 570. The summed E-state index contributed by atoms with van der Waals surface area (Å²) in [5.41, 5.74) is 2.18. The van der Waals surface area contributed by atoms with E-state index in [2.05, 4.69) is 27.5 Å². The van der Waals surface area contributed by atoms with Crippen LogP contribution in [-0.2, 0) is 0 Å². The fraction of sp³-hybridized carbons (Fsp3) is 0. The summed E-state index contributed by atoms with van der Waals surface area (Å²) in [6.45, 7) is 0. The van der Waals surface area contributed by atoms with Gasteiger partial charge in [0.25, 0.3) is 0 Å². The molecule has 4 heteroatoms. The Hall–Kier alpha value is -1.52. The highest BCUT2D eigenvalue weighted by molar-refractivity contribution is 7.19. The molecule has 0 aliphatic carbocycles. The highest BCUT2D eigenvalue weighted by Crippen LogP contribution is 2.29. The van der Waals surface area contributed by atoms with Crippen molar-refractivity contribution in [3.05, 3.63) is 47.3 Å². The van der Waals surface area contributed by atoms with E-state index in [0.717, 1.165) is 21.3 Å². The molecule has 3 rings (SSSR count). The van der Waals surface area contributed by atoms with Crippen LogP contribution in [0.5, 0.6) is 0 Å². The van der Waals surface area contributed by atoms with Gasteiger partial charge >= 0.3 is 0 Å². The van der Waals surface area contributed by atoms with E-state index in [4.69, 9.17) is 0 Å². The third kappa shape index (κ3) is 1.77. The van der Waals surface area contributed by atoms with Crippen LogP contribution in [0.2, 0.25) is 0 Å². The lowest BCUT2D eigenvalue weighted by molar-refractivity contribution is 1.35. The predicted octanol–water partition coefficient (Wildman–Crippen LogP) is 3.93. The van der Waals surface area contributed by atoms with Gasteiger partial charge in [-0.05, 0) is 0 Å². The summed E-state index contributed by atoms with van der Waals surface area (Å²) >= 11 is 3.26. The van der Waals surface area contributed by atoms with Crippen molar-refractivity contribution in [2.24, 2.45) is 0 Å². The summed E-state index contributed by atoms with van der Waals surface area (Å²) in [5, 5.41) is 6.03. The number of hydrogen-bond donors (Lipinski definition) is 0. The minimum absolute atomic E-state index is 0.993. The largest absolute Gasteiger partial charge is 0.242 e. The standard InChI is InChI=1S/C12H8N2S2/c1-2-4-9(5-3-1)10-8-16-12(14-10)11-13-6-7-15-11/h1-8H. The van der Waals surface area contributed by atoms with Gasteiger partial charge < -0.3 is 0 Å². The van der Waals surface area contributed by atoms with Crippen molar-refractivity contribution in [1.82, 2.24) is 9.97 Å². The number of hydrogen-bond acceptors (Lipinski definition) is 4. The van der Waals surface area contributed by atoms with Crippen LogP contribution in [0.3, 0.4) is 0 Å². The average molecular weight is 244 g/mol. The molecule has 2 nitrogen and oxygen atoms in total. The molecule has 2 aromatic heterocycles. The van der Waals surface area contributed by atoms with Gasteiger partial charge in [0.15, 0.2) is 10.0 Å². The quantitative estimate of drug-likeness (QED) is 0.682. The summed E-state index contributed by atoms with van der Waals surface area (Å²) in [4.78, 5) is 8.85. The van der Waals surface area contributed by atoms with E-state index in [1.165, 1.54) is 0 Å². The van der Waals surface area contributed by atoms with Crippen molar-refractivity contribution >= 4 is 22.7 Å². The molecule has 0 saturated heterocycles. The topological polar surface area (TPSA) is 25.8 Å². The van der Waals surface area contributed by atoms with Crippen LogP contribution in [0.25, 0.3) is 21.3 Å². The van der Waals surface area contributed by atoms with E-state index in [9.17, 15) is 0 Å². The van der Waals surface area contributed by atoms with Crippen molar-refractivity contribution in [3.63, 3.8) is 0 Å². The highest BCUT2D eigenvalue weighted by Gasteiger charge is 2.07. The molecule has 0 bridgehead atoms. The Balaban J connectivity index is 2.00. The maximum Gasteiger partial charge on any atom is 0.152 e. The first-order valence-electron chi connectivity index (χ1n) is 4.84. The van der Waals surface area contributed by atoms with Crippen molar-refractivity contribution in [2.75, 3.05) is 0 Å². The lowest BCUT2D eigenvalue weighted by atomic mass is 10.2. The molecule has 0 saturated carbocycles. The monoisotopic (exact) mass is 244 g/mol. The Labute approximate surface area is 101 Å². The number of aromatic nitrogens is 2. The average Bonchev–Trinajstić information content (AvgIpc) is 3.01. The zero-order valence-electron chi connectivity index (χ0n) is 8.33. The van der Waals surface area contributed by atoms with Crippen LogP contribution in [-0.4, -0.2) is 9.97 Å². The van der Waals surface area contributed by atoms with Crippen LogP contribution in [0.4, 0.5) is 0 Å². The van der Waals surface area contributed by atoms with Gasteiger partial charge in [-0.2, -0.15) is 0 Å². The number of benzene rings is 1. The van der Waals surface area contributed by atoms with Gasteiger partial charge in [0, 0.05) is 22.5 Å². The van der Waals surface area contributed by atoms with Gasteiger partial charge in [-0.25, -0.2) is 9.97 Å². The second kappa shape index (κ2) is 4.15. The van der Waals surface area contributed by atoms with Crippen molar-refractivity contribution < 1.29 is 0 Å². The summed E-state index contributed by atoms with van der Waals surface area (Å²) in [5.74, 6) is 0. The molecule has 0 radical (unpaired) electrons. The molecule has 0 unspecified atom stereocenters. The second-order valence-electron chi connectivity index (χ2n) is 3.24. The fourth-order valence-corrected chi connectivity index (χ4v) is 2.97. The van der Waals surface area contributed by atoms with Crippen molar-refractivity contribution in [1.29, 1.82) is 0 Å². The molecule has 0 aliphatic heterocycles. The van der Waals surface area contributed by atoms with Crippen LogP contribution in [0.15, 0.2) is 47.3 Å². The van der Waals surface area contributed by atoms with E-state index >= 15 is 0 Å². The smallest absolute Gasteiger partial charge is 0.152 e. The lowest BCUT2D eigenvalue weighted by Gasteiger charge is -1.93. The molecule has 0 aliphatic rings. The molecule has 1 aromatic carbocycles. The maximum absolute atomic E-state index is 4.59. The Morgan fingerprint density at radius 3 is 2.56 bits per heavy atom. The number of thiazole rings is 2. The molecule has 2 heterocycles. The number of nitrogens with zero attached hydrogens (tertiary/aromatic N) is 2. The van der Waals surface area contributed by atoms with Crippen LogP contribution in [0.1, 0.15) is 0 Å². The zero-order chi connectivity index (χ0) is 10.8. The molecule has 3 aromatic rings. The van der Waals surface area contributed by atoms with Gasteiger partial charge in [0.05, 0.1) is 5.69 Å². The van der Waals surface area contributed by atoms with Crippen LogP contribution in [0, 0.1) is 0 Å². The third-order valence-corrected chi connectivity index (χ3v) is 3.95. The first-order valence-corrected chi connectivity index (χ1v) is 6.60. The summed E-state index contributed by atoms with van der Waals surface area (Å²) in [7, 11) is 0. The molecule has 0 amide bonds. The highest BCUT2D eigenvalue weighted by atomic mass is 32.1. The lowest BCUT2D eigenvalue weighted by Crippen LogP contribution is -1.77.